The predicted octanol–water partition coefficient (Wildman–Crippen LogP) is 2.00. The molecule has 0 aromatic heterocycles. The number of amides is 2. The second-order valence-corrected chi connectivity index (χ2v) is 5.25. The van der Waals surface area contributed by atoms with Crippen LogP contribution in [0, 0.1) is 6.92 Å². The van der Waals surface area contributed by atoms with Crippen molar-refractivity contribution in [2.75, 3.05) is 11.4 Å². The molecule has 2 amide bonds. The van der Waals surface area contributed by atoms with Crippen LogP contribution < -0.4 is 10.2 Å². The van der Waals surface area contributed by atoms with Gasteiger partial charge in [-0.3, -0.25) is 14.5 Å². The van der Waals surface area contributed by atoms with Crippen LogP contribution in [0.5, 0.6) is 0 Å². The predicted molar refractivity (Wildman–Crippen MR) is 73.5 cm³/mol. The molecule has 0 bridgehead atoms. The molecule has 1 saturated heterocycles. The van der Waals surface area contributed by atoms with Gasteiger partial charge in [-0.1, -0.05) is 28.9 Å². The summed E-state index contributed by atoms with van der Waals surface area (Å²) >= 11 is 3.40. The zero-order chi connectivity index (χ0) is 13.3. The molecule has 0 aliphatic carbocycles. The number of benzene rings is 1. The van der Waals surface area contributed by atoms with Crippen molar-refractivity contribution in [2.24, 2.45) is 0 Å². The van der Waals surface area contributed by atoms with Crippen LogP contribution >= 0.6 is 15.9 Å². The van der Waals surface area contributed by atoms with E-state index in [9.17, 15) is 9.59 Å². The Morgan fingerprint density at radius 2 is 2.17 bits per heavy atom. The van der Waals surface area contributed by atoms with E-state index in [0.717, 1.165) is 15.7 Å². The Labute approximate surface area is 114 Å². The summed E-state index contributed by atoms with van der Waals surface area (Å²) in [6, 6.07) is 5.33. The van der Waals surface area contributed by atoms with E-state index in [1.54, 1.807) is 4.90 Å². The van der Waals surface area contributed by atoms with Gasteiger partial charge in [0.25, 0.3) is 0 Å². The number of halogens is 1. The second kappa shape index (κ2) is 5.10. The lowest BCUT2D eigenvalue weighted by molar-refractivity contribution is -0.131. The number of nitrogens with one attached hydrogen (secondary N) is 1. The Bertz CT molecular complexity index is 502. The first-order valence-electron chi connectivity index (χ1n) is 5.90. The molecule has 0 spiro atoms. The smallest absolute Gasteiger partial charge is 0.247 e. The Hall–Kier alpha value is -1.36. The standard InChI is InChI=1S/C13H15BrN2O2/c1-3-10-13(18)15-7-12(17)16(10)11-6-9(14)5-4-8(11)2/h4-6,10H,3,7H2,1-2H3,(H,15,18). The van der Waals surface area contributed by atoms with E-state index < -0.39 is 6.04 Å². The fourth-order valence-electron chi connectivity index (χ4n) is 2.17. The molecule has 96 valence electrons. The van der Waals surface area contributed by atoms with E-state index in [-0.39, 0.29) is 18.4 Å². The van der Waals surface area contributed by atoms with Crippen LogP contribution in [0.4, 0.5) is 5.69 Å². The van der Waals surface area contributed by atoms with E-state index >= 15 is 0 Å². The number of piperazine rings is 1. The molecule has 5 heteroatoms. The fourth-order valence-corrected chi connectivity index (χ4v) is 2.52. The van der Waals surface area contributed by atoms with E-state index in [4.69, 9.17) is 0 Å². The molecule has 1 unspecified atom stereocenters. The van der Waals surface area contributed by atoms with Gasteiger partial charge in [-0.05, 0) is 31.0 Å². The van der Waals surface area contributed by atoms with Crippen LogP contribution in [0.25, 0.3) is 0 Å². The Morgan fingerprint density at radius 3 is 2.83 bits per heavy atom. The quantitative estimate of drug-likeness (QED) is 0.908. The highest BCUT2D eigenvalue weighted by Crippen LogP contribution is 2.28. The molecule has 1 aliphatic rings. The summed E-state index contributed by atoms with van der Waals surface area (Å²) in [5.41, 5.74) is 1.79. The van der Waals surface area contributed by atoms with Crippen LogP contribution in [0.2, 0.25) is 0 Å². The first-order valence-corrected chi connectivity index (χ1v) is 6.69. The highest BCUT2D eigenvalue weighted by molar-refractivity contribution is 9.10. The lowest BCUT2D eigenvalue weighted by atomic mass is 10.1. The van der Waals surface area contributed by atoms with Gasteiger partial charge >= 0.3 is 0 Å². The molecule has 4 nitrogen and oxygen atoms in total. The van der Waals surface area contributed by atoms with Crippen molar-refractivity contribution < 1.29 is 9.59 Å². The molecule has 1 N–H and O–H groups in total. The monoisotopic (exact) mass is 310 g/mol. The Kier molecular flexibility index (Phi) is 3.71. The van der Waals surface area contributed by atoms with Gasteiger partial charge in [0.2, 0.25) is 11.8 Å². The summed E-state index contributed by atoms with van der Waals surface area (Å²) in [6.07, 6.45) is 0.601. The lowest BCUT2D eigenvalue weighted by Gasteiger charge is -2.35. The Balaban J connectivity index is 2.47. The molecule has 1 fully saturated rings. The SMILES string of the molecule is CCC1C(=O)NCC(=O)N1c1cc(Br)ccc1C. The van der Waals surface area contributed by atoms with Crippen molar-refractivity contribution in [1.29, 1.82) is 0 Å². The number of hydrogen-bond acceptors (Lipinski definition) is 2. The third-order valence-electron chi connectivity index (χ3n) is 3.11. The minimum absolute atomic E-state index is 0.0670. The number of carbonyl (C=O) groups excluding carboxylic acids is 2. The molecule has 1 aliphatic heterocycles. The van der Waals surface area contributed by atoms with Gasteiger partial charge in [0.15, 0.2) is 0 Å². The number of rotatable bonds is 2. The zero-order valence-corrected chi connectivity index (χ0v) is 12.0. The summed E-state index contributed by atoms with van der Waals surface area (Å²) in [5, 5.41) is 2.62. The molecule has 1 heterocycles. The average Bonchev–Trinajstić information content (AvgIpc) is 2.35. The third kappa shape index (κ3) is 2.27. The van der Waals surface area contributed by atoms with Crippen molar-refractivity contribution in [3.63, 3.8) is 0 Å². The Morgan fingerprint density at radius 1 is 1.44 bits per heavy atom. The number of nitrogens with zero attached hydrogens (tertiary/aromatic N) is 1. The fraction of sp³-hybridized carbons (Fsp3) is 0.385. The lowest BCUT2D eigenvalue weighted by Crippen LogP contribution is -2.58. The average molecular weight is 311 g/mol. The van der Waals surface area contributed by atoms with Gasteiger partial charge in [0, 0.05) is 10.2 Å². The number of hydrogen-bond donors (Lipinski definition) is 1. The summed E-state index contributed by atoms with van der Waals surface area (Å²) in [4.78, 5) is 25.5. The van der Waals surface area contributed by atoms with E-state index in [2.05, 4.69) is 21.2 Å². The van der Waals surface area contributed by atoms with Gasteiger partial charge < -0.3 is 5.32 Å². The molecule has 1 aromatic rings. The van der Waals surface area contributed by atoms with Gasteiger partial charge in [-0.25, -0.2) is 0 Å². The number of aryl methyl sites for hydroxylation is 1. The van der Waals surface area contributed by atoms with Gasteiger partial charge in [0.05, 0.1) is 6.54 Å². The van der Waals surface area contributed by atoms with Gasteiger partial charge in [0.1, 0.15) is 6.04 Å². The van der Waals surface area contributed by atoms with Crippen LogP contribution in [-0.2, 0) is 9.59 Å². The molecular weight excluding hydrogens is 296 g/mol. The van der Waals surface area contributed by atoms with Crippen LogP contribution in [-0.4, -0.2) is 24.4 Å². The van der Waals surface area contributed by atoms with Crippen molar-refractivity contribution in [3.8, 4) is 0 Å². The number of carbonyl (C=O) groups is 2. The molecule has 18 heavy (non-hydrogen) atoms. The summed E-state index contributed by atoms with van der Waals surface area (Å²) < 4.78 is 0.900. The van der Waals surface area contributed by atoms with E-state index in [1.165, 1.54) is 0 Å². The van der Waals surface area contributed by atoms with E-state index in [1.807, 2.05) is 32.0 Å². The van der Waals surface area contributed by atoms with Crippen molar-refractivity contribution in [3.05, 3.63) is 28.2 Å². The van der Waals surface area contributed by atoms with Gasteiger partial charge in [-0.2, -0.15) is 0 Å². The maximum atomic E-state index is 12.1. The van der Waals surface area contributed by atoms with Crippen molar-refractivity contribution in [2.45, 2.75) is 26.3 Å². The summed E-state index contributed by atoms with van der Waals surface area (Å²) in [7, 11) is 0. The normalized spacial score (nSPS) is 19.9. The molecule has 0 saturated carbocycles. The van der Waals surface area contributed by atoms with Crippen LogP contribution in [0.1, 0.15) is 18.9 Å². The molecule has 1 aromatic carbocycles. The summed E-state index contributed by atoms with van der Waals surface area (Å²) in [6.45, 7) is 3.92. The minimum Gasteiger partial charge on any atom is -0.345 e. The molecule has 1 atom stereocenters. The summed E-state index contributed by atoms with van der Waals surface area (Å²) in [5.74, 6) is -0.154. The van der Waals surface area contributed by atoms with Gasteiger partial charge in [-0.15, -0.1) is 0 Å². The number of anilines is 1. The highest BCUT2D eigenvalue weighted by atomic mass is 79.9. The van der Waals surface area contributed by atoms with Crippen LogP contribution in [0.15, 0.2) is 22.7 Å². The first kappa shape index (κ1) is 13.1. The van der Waals surface area contributed by atoms with Crippen LogP contribution in [0.3, 0.4) is 0 Å². The van der Waals surface area contributed by atoms with Crippen molar-refractivity contribution in [1.82, 2.24) is 5.32 Å². The topological polar surface area (TPSA) is 49.4 Å². The zero-order valence-electron chi connectivity index (χ0n) is 10.4. The molecule has 0 radical (unpaired) electrons. The van der Waals surface area contributed by atoms with E-state index in [0.29, 0.717) is 6.42 Å². The maximum Gasteiger partial charge on any atom is 0.247 e. The minimum atomic E-state index is -0.417. The highest BCUT2D eigenvalue weighted by Gasteiger charge is 2.34. The third-order valence-corrected chi connectivity index (χ3v) is 3.61. The first-order chi connectivity index (χ1) is 8.54. The van der Waals surface area contributed by atoms with Crippen molar-refractivity contribution >= 4 is 33.4 Å². The molecular formula is C13H15BrN2O2. The second-order valence-electron chi connectivity index (χ2n) is 4.34. The maximum absolute atomic E-state index is 12.1. The molecule has 2 rings (SSSR count). The largest absolute Gasteiger partial charge is 0.345 e.